The Bertz CT molecular complexity index is 750. The summed E-state index contributed by atoms with van der Waals surface area (Å²) < 4.78 is 27.6. The second-order valence-electron chi connectivity index (χ2n) is 4.64. The molecule has 0 aliphatic heterocycles. The SMILES string of the molecule is CC(NC(=O)c1ccoc1Cl)c1ccc(S(C)(=O)=O)cc1. The minimum Gasteiger partial charge on any atom is -0.452 e. The summed E-state index contributed by atoms with van der Waals surface area (Å²) in [4.78, 5) is 12.2. The third kappa shape index (κ3) is 3.65. The van der Waals surface area contributed by atoms with E-state index in [0.29, 0.717) is 0 Å². The molecule has 1 unspecified atom stereocenters. The van der Waals surface area contributed by atoms with Gasteiger partial charge in [-0.1, -0.05) is 12.1 Å². The van der Waals surface area contributed by atoms with Gasteiger partial charge in [-0.25, -0.2) is 8.42 Å². The summed E-state index contributed by atoms with van der Waals surface area (Å²) in [7, 11) is -3.23. The van der Waals surface area contributed by atoms with Gasteiger partial charge in [-0.15, -0.1) is 0 Å². The summed E-state index contributed by atoms with van der Waals surface area (Å²) in [5.74, 6) is -0.353. The highest BCUT2D eigenvalue weighted by Crippen LogP contribution is 2.20. The maximum atomic E-state index is 12.0. The first kappa shape index (κ1) is 15.6. The van der Waals surface area contributed by atoms with Crippen molar-refractivity contribution in [1.82, 2.24) is 5.32 Å². The Labute approximate surface area is 127 Å². The molecule has 2 aromatic rings. The molecule has 2 rings (SSSR count). The Hall–Kier alpha value is -1.79. The average molecular weight is 328 g/mol. The van der Waals surface area contributed by atoms with E-state index in [-0.39, 0.29) is 27.6 Å². The quantitative estimate of drug-likeness (QED) is 0.936. The third-order valence-electron chi connectivity index (χ3n) is 3.02. The molecule has 1 aromatic carbocycles. The molecule has 5 nitrogen and oxygen atoms in total. The van der Waals surface area contributed by atoms with Gasteiger partial charge < -0.3 is 9.73 Å². The molecular weight excluding hydrogens is 314 g/mol. The van der Waals surface area contributed by atoms with E-state index in [1.54, 1.807) is 19.1 Å². The average Bonchev–Trinajstić information content (AvgIpc) is 2.84. The maximum Gasteiger partial charge on any atom is 0.256 e. The van der Waals surface area contributed by atoms with Gasteiger partial charge in [0, 0.05) is 6.26 Å². The highest BCUT2D eigenvalue weighted by molar-refractivity contribution is 7.90. The van der Waals surface area contributed by atoms with E-state index in [1.165, 1.54) is 24.5 Å². The van der Waals surface area contributed by atoms with Crippen molar-refractivity contribution in [2.45, 2.75) is 17.9 Å². The highest BCUT2D eigenvalue weighted by atomic mass is 35.5. The molecule has 21 heavy (non-hydrogen) atoms. The number of hydrogen-bond acceptors (Lipinski definition) is 4. The summed E-state index contributed by atoms with van der Waals surface area (Å²) in [6.07, 6.45) is 2.48. The molecule has 1 N–H and O–H groups in total. The molecule has 0 saturated carbocycles. The number of carbonyl (C=O) groups excluding carboxylic acids is 1. The van der Waals surface area contributed by atoms with Gasteiger partial charge in [0.2, 0.25) is 5.22 Å². The van der Waals surface area contributed by atoms with Crippen molar-refractivity contribution >= 4 is 27.3 Å². The number of nitrogens with one attached hydrogen (secondary N) is 1. The van der Waals surface area contributed by atoms with Gasteiger partial charge in [0.15, 0.2) is 9.84 Å². The van der Waals surface area contributed by atoms with Crippen LogP contribution in [0.4, 0.5) is 0 Å². The fourth-order valence-electron chi connectivity index (χ4n) is 1.82. The molecule has 0 fully saturated rings. The molecule has 7 heteroatoms. The largest absolute Gasteiger partial charge is 0.452 e. The van der Waals surface area contributed by atoms with E-state index in [9.17, 15) is 13.2 Å². The summed E-state index contributed by atoms with van der Waals surface area (Å²) >= 11 is 5.74. The number of amides is 1. The zero-order valence-corrected chi connectivity index (χ0v) is 13.0. The molecule has 0 spiro atoms. The molecule has 1 amide bonds. The van der Waals surface area contributed by atoms with Crippen LogP contribution in [-0.2, 0) is 9.84 Å². The second kappa shape index (κ2) is 5.91. The molecule has 0 radical (unpaired) electrons. The van der Waals surface area contributed by atoms with Gasteiger partial charge in [0.1, 0.15) is 0 Å². The van der Waals surface area contributed by atoms with Crippen molar-refractivity contribution in [3.63, 3.8) is 0 Å². The van der Waals surface area contributed by atoms with Gasteiger partial charge in [-0.2, -0.15) is 0 Å². The molecule has 0 saturated heterocycles. The molecule has 1 aromatic heterocycles. The zero-order chi connectivity index (χ0) is 15.6. The van der Waals surface area contributed by atoms with E-state index < -0.39 is 9.84 Å². The van der Waals surface area contributed by atoms with Gasteiger partial charge in [0.25, 0.3) is 5.91 Å². The lowest BCUT2D eigenvalue weighted by Crippen LogP contribution is -2.26. The van der Waals surface area contributed by atoms with E-state index in [4.69, 9.17) is 16.0 Å². The molecule has 1 atom stereocenters. The minimum atomic E-state index is -3.23. The van der Waals surface area contributed by atoms with Crippen LogP contribution in [0.5, 0.6) is 0 Å². The summed E-state index contributed by atoms with van der Waals surface area (Å²) in [6.45, 7) is 1.79. The first-order valence-electron chi connectivity index (χ1n) is 6.13. The number of rotatable bonds is 4. The van der Waals surface area contributed by atoms with E-state index >= 15 is 0 Å². The molecule has 1 heterocycles. The number of sulfone groups is 1. The van der Waals surface area contributed by atoms with Gasteiger partial charge in [-0.3, -0.25) is 4.79 Å². The standard InChI is InChI=1S/C14H14ClNO4S/c1-9(16-14(17)12-7-8-20-13(12)15)10-3-5-11(6-4-10)21(2,18)19/h3-9H,1-2H3,(H,16,17). The Morgan fingerprint density at radius 3 is 2.33 bits per heavy atom. The van der Waals surface area contributed by atoms with Crippen LogP contribution < -0.4 is 5.32 Å². The van der Waals surface area contributed by atoms with Crippen molar-refractivity contribution in [3.05, 3.63) is 52.9 Å². The van der Waals surface area contributed by atoms with Crippen LogP contribution in [-0.4, -0.2) is 20.6 Å². The van der Waals surface area contributed by atoms with Gasteiger partial charge in [-0.05, 0) is 42.3 Å². The first-order valence-corrected chi connectivity index (χ1v) is 8.40. The Morgan fingerprint density at radius 2 is 1.86 bits per heavy atom. The van der Waals surface area contributed by atoms with Crippen molar-refractivity contribution < 1.29 is 17.6 Å². The van der Waals surface area contributed by atoms with E-state index in [2.05, 4.69) is 5.32 Å². The van der Waals surface area contributed by atoms with E-state index in [1.807, 2.05) is 0 Å². The normalized spacial score (nSPS) is 12.9. The van der Waals surface area contributed by atoms with E-state index in [0.717, 1.165) is 11.8 Å². The lowest BCUT2D eigenvalue weighted by Gasteiger charge is -2.14. The van der Waals surface area contributed by atoms with Gasteiger partial charge in [0.05, 0.1) is 22.8 Å². The first-order chi connectivity index (χ1) is 9.79. The maximum absolute atomic E-state index is 12.0. The highest BCUT2D eigenvalue weighted by Gasteiger charge is 2.16. The number of furan rings is 1. The number of hydrogen-bond donors (Lipinski definition) is 1. The van der Waals surface area contributed by atoms with Crippen molar-refractivity contribution in [2.75, 3.05) is 6.26 Å². The number of carbonyl (C=O) groups is 1. The lowest BCUT2D eigenvalue weighted by atomic mass is 10.1. The third-order valence-corrected chi connectivity index (χ3v) is 4.44. The zero-order valence-electron chi connectivity index (χ0n) is 11.5. The van der Waals surface area contributed by atoms with Crippen molar-refractivity contribution in [3.8, 4) is 0 Å². The predicted octanol–water partition coefficient (Wildman–Crippen LogP) is 2.83. The van der Waals surface area contributed by atoms with Crippen LogP contribution in [0, 0.1) is 0 Å². The van der Waals surface area contributed by atoms with Crippen LogP contribution in [0.15, 0.2) is 45.9 Å². The second-order valence-corrected chi connectivity index (χ2v) is 7.00. The Balaban J connectivity index is 2.12. The summed E-state index contributed by atoms with van der Waals surface area (Å²) in [6, 6.07) is 7.54. The van der Waals surface area contributed by atoms with Crippen LogP contribution >= 0.6 is 11.6 Å². The summed E-state index contributed by atoms with van der Waals surface area (Å²) in [5.41, 5.74) is 1.05. The van der Waals surface area contributed by atoms with Crippen LogP contribution in [0.1, 0.15) is 28.9 Å². The lowest BCUT2D eigenvalue weighted by molar-refractivity contribution is 0.0939. The predicted molar refractivity (Wildman–Crippen MR) is 79.2 cm³/mol. The number of benzene rings is 1. The minimum absolute atomic E-state index is 0.0344. The molecule has 0 aliphatic rings. The van der Waals surface area contributed by atoms with Crippen LogP contribution in [0.25, 0.3) is 0 Å². The monoisotopic (exact) mass is 327 g/mol. The van der Waals surface area contributed by atoms with Crippen molar-refractivity contribution in [1.29, 1.82) is 0 Å². The molecule has 0 bridgehead atoms. The van der Waals surface area contributed by atoms with Crippen LogP contribution in [0.3, 0.4) is 0 Å². The summed E-state index contributed by atoms with van der Waals surface area (Å²) in [5, 5.41) is 2.80. The topological polar surface area (TPSA) is 76.4 Å². The fraction of sp³-hybridized carbons (Fsp3) is 0.214. The number of halogens is 1. The smallest absolute Gasteiger partial charge is 0.256 e. The Kier molecular flexibility index (Phi) is 4.39. The van der Waals surface area contributed by atoms with Crippen LogP contribution in [0.2, 0.25) is 5.22 Å². The Morgan fingerprint density at radius 1 is 1.24 bits per heavy atom. The van der Waals surface area contributed by atoms with Crippen molar-refractivity contribution in [2.24, 2.45) is 0 Å². The molecular formula is C14H14ClNO4S. The molecule has 0 aliphatic carbocycles. The molecule has 112 valence electrons. The fourth-order valence-corrected chi connectivity index (χ4v) is 2.65. The van der Waals surface area contributed by atoms with Gasteiger partial charge >= 0.3 is 0 Å².